The molecule has 1 heterocycles. The maximum atomic E-state index is 11.9. The highest BCUT2D eigenvalue weighted by molar-refractivity contribution is 6.34. The number of anilines is 1. The highest BCUT2D eigenvalue weighted by Crippen LogP contribution is 2.35. The Morgan fingerprint density at radius 1 is 1.53 bits per heavy atom. The predicted molar refractivity (Wildman–Crippen MR) is 45.1 cm³/mol. The van der Waals surface area contributed by atoms with Crippen LogP contribution in [0.4, 0.5) is 19.0 Å². The van der Waals surface area contributed by atoms with Gasteiger partial charge in [-0.15, -0.1) is 13.2 Å². The lowest BCUT2D eigenvalue weighted by atomic mass is 10.3. The summed E-state index contributed by atoms with van der Waals surface area (Å²) < 4.78 is 39.3. The second-order valence-electron chi connectivity index (χ2n) is 2.36. The summed E-state index contributed by atoms with van der Waals surface area (Å²) in [5.74, 6) is -1.17. The van der Waals surface area contributed by atoms with Crippen molar-refractivity contribution in [3.8, 4) is 11.8 Å². The first-order valence-electron chi connectivity index (χ1n) is 3.45. The molecule has 0 saturated heterocycles. The molecule has 0 amide bonds. The van der Waals surface area contributed by atoms with Crippen LogP contribution in [0.2, 0.25) is 5.02 Å². The highest BCUT2D eigenvalue weighted by Gasteiger charge is 2.34. The minimum Gasteiger partial charge on any atom is -0.403 e. The Balaban J connectivity index is 3.26. The van der Waals surface area contributed by atoms with Crippen molar-refractivity contribution in [3.63, 3.8) is 0 Å². The minimum atomic E-state index is -4.94. The van der Waals surface area contributed by atoms with Gasteiger partial charge in [0.2, 0.25) is 0 Å². The van der Waals surface area contributed by atoms with Crippen molar-refractivity contribution < 1.29 is 17.9 Å². The molecule has 0 aliphatic heterocycles. The molecule has 2 N–H and O–H groups in total. The summed E-state index contributed by atoms with van der Waals surface area (Å²) >= 11 is 5.42. The van der Waals surface area contributed by atoms with Gasteiger partial charge in [-0.25, -0.2) is 4.98 Å². The van der Waals surface area contributed by atoms with Gasteiger partial charge in [-0.1, -0.05) is 11.6 Å². The molecule has 0 radical (unpaired) electrons. The van der Waals surface area contributed by atoms with E-state index in [9.17, 15) is 13.2 Å². The van der Waals surface area contributed by atoms with Gasteiger partial charge in [-0.2, -0.15) is 5.26 Å². The highest BCUT2D eigenvalue weighted by atomic mass is 35.5. The third-order valence-corrected chi connectivity index (χ3v) is 1.71. The number of rotatable bonds is 1. The fraction of sp³-hybridized carbons (Fsp3) is 0.143. The molecule has 4 nitrogen and oxygen atoms in total. The van der Waals surface area contributed by atoms with Gasteiger partial charge in [-0.3, -0.25) is 0 Å². The number of nitrogens with two attached hydrogens (primary N) is 1. The number of aromatic nitrogens is 1. The number of ether oxygens (including phenoxy) is 1. The van der Waals surface area contributed by atoms with Crippen LogP contribution in [0.15, 0.2) is 6.20 Å². The van der Waals surface area contributed by atoms with Crippen LogP contribution in [0.3, 0.4) is 0 Å². The number of nitriles is 1. The van der Waals surface area contributed by atoms with Gasteiger partial charge in [0.1, 0.15) is 22.5 Å². The maximum Gasteiger partial charge on any atom is 0.573 e. The molecule has 0 aliphatic rings. The number of nitrogen functional groups attached to an aromatic ring is 1. The van der Waals surface area contributed by atoms with Crippen LogP contribution >= 0.6 is 11.6 Å². The van der Waals surface area contributed by atoms with Crippen LogP contribution in [-0.2, 0) is 0 Å². The van der Waals surface area contributed by atoms with E-state index >= 15 is 0 Å². The molecule has 0 spiro atoms. The Hall–Kier alpha value is -1.68. The van der Waals surface area contributed by atoms with Gasteiger partial charge in [-0.05, 0) is 0 Å². The lowest BCUT2D eigenvalue weighted by Crippen LogP contribution is -2.18. The molecule has 0 aromatic carbocycles. The number of hydrogen-bond donors (Lipinski definition) is 1. The SMILES string of the molecule is N#Cc1cnc(N)c(Cl)c1OC(F)(F)F. The van der Waals surface area contributed by atoms with Crippen LogP contribution in [0.25, 0.3) is 0 Å². The van der Waals surface area contributed by atoms with E-state index in [1.165, 1.54) is 6.07 Å². The zero-order valence-electron chi connectivity index (χ0n) is 6.97. The van der Waals surface area contributed by atoms with Crippen LogP contribution in [-0.4, -0.2) is 11.3 Å². The summed E-state index contributed by atoms with van der Waals surface area (Å²) in [6.07, 6.45) is -4.09. The summed E-state index contributed by atoms with van der Waals surface area (Å²) in [6, 6.07) is 1.46. The molecule has 0 unspecified atom stereocenters. The number of nitrogens with zero attached hydrogens (tertiary/aromatic N) is 2. The van der Waals surface area contributed by atoms with Crippen LogP contribution in [0.5, 0.6) is 5.75 Å². The van der Waals surface area contributed by atoms with E-state index in [-0.39, 0.29) is 5.82 Å². The molecule has 0 saturated carbocycles. The lowest BCUT2D eigenvalue weighted by Gasteiger charge is -2.11. The smallest absolute Gasteiger partial charge is 0.403 e. The van der Waals surface area contributed by atoms with Gasteiger partial charge < -0.3 is 10.5 Å². The van der Waals surface area contributed by atoms with Crippen LogP contribution < -0.4 is 10.5 Å². The molecule has 1 rings (SSSR count). The molecule has 0 fully saturated rings. The van der Waals surface area contributed by atoms with Gasteiger partial charge in [0.15, 0.2) is 5.75 Å². The van der Waals surface area contributed by atoms with Crippen molar-refractivity contribution in [3.05, 3.63) is 16.8 Å². The number of pyridine rings is 1. The van der Waals surface area contributed by atoms with Crippen molar-refractivity contribution in [2.45, 2.75) is 6.36 Å². The van der Waals surface area contributed by atoms with E-state index in [4.69, 9.17) is 22.6 Å². The number of halogens is 4. The second-order valence-corrected chi connectivity index (χ2v) is 2.74. The molecule has 8 heteroatoms. The average molecular weight is 238 g/mol. The summed E-state index contributed by atoms with van der Waals surface area (Å²) in [5, 5.41) is 7.96. The van der Waals surface area contributed by atoms with E-state index in [1.807, 2.05) is 0 Å². The first-order valence-corrected chi connectivity index (χ1v) is 3.82. The normalized spacial score (nSPS) is 10.9. The van der Waals surface area contributed by atoms with E-state index in [0.29, 0.717) is 0 Å². The molecule has 0 aliphatic carbocycles. The summed E-state index contributed by atoms with van der Waals surface area (Å²) in [5.41, 5.74) is 4.72. The average Bonchev–Trinajstić information content (AvgIpc) is 2.11. The Morgan fingerprint density at radius 3 is 2.60 bits per heavy atom. The van der Waals surface area contributed by atoms with Crippen LogP contribution in [0.1, 0.15) is 5.56 Å². The standard InChI is InChI=1S/C7H3ClF3N3O/c8-4-5(15-7(9,10)11)3(1-12)2-14-6(4)13/h2H,(H2,13,14). The van der Waals surface area contributed by atoms with Gasteiger partial charge in [0.05, 0.1) is 6.20 Å². The van der Waals surface area contributed by atoms with Gasteiger partial charge in [0, 0.05) is 0 Å². The quantitative estimate of drug-likeness (QED) is 0.812. The van der Waals surface area contributed by atoms with Gasteiger partial charge >= 0.3 is 6.36 Å². The van der Waals surface area contributed by atoms with E-state index in [2.05, 4.69) is 9.72 Å². The zero-order chi connectivity index (χ0) is 11.6. The number of alkyl halides is 3. The van der Waals surface area contributed by atoms with E-state index in [0.717, 1.165) is 6.20 Å². The predicted octanol–water partition coefficient (Wildman–Crippen LogP) is 2.09. The second kappa shape index (κ2) is 3.82. The summed E-state index contributed by atoms with van der Waals surface area (Å²) in [4.78, 5) is 3.42. The van der Waals surface area contributed by atoms with Gasteiger partial charge in [0.25, 0.3) is 0 Å². The maximum absolute atomic E-state index is 11.9. The van der Waals surface area contributed by atoms with E-state index < -0.39 is 22.7 Å². The van der Waals surface area contributed by atoms with Crippen LogP contribution in [0, 0.1) is 11.3 Å². The largest absolute Gasteiger partial charge is 0.573 e. The summed E-state index contributed by atoms with van der Waals surface area (Å²) in [7, 11) is 0. The lowest BCUT2D eigenvalue weighted by molar-refractivity contribution is -0.274. The zero-order valence-corrected chi connectivity index (χ0v) is 7.73. The molecule has 0 bridgehead atoms. The topological polar surface area (TPSA) is 71.9 Å². The molecular weight excluding hydrogens is 235 g/mol. The molecular formula is C7H3ClF3N3O. The molecule has 80 valence electrons. The van der Waals surface area contributed by atoms with Crippen molar-refractivity contribution in [2.24, 2.45) is 0 Å². The third-order valence-electron chi connectivity index (χ3n) is 1.34. The van der Waals surface area contributed by atoms with E-state index in [1.54, 1.807) is 0 Å². The summed E-state index contributed by atoms with van der Waals surface area (Å²) in [6.45, 7) is 0. The van der Waals surface area contributed by atoms with Crippen molar-refractivity contribution in [1.82, 2.24) is 4.98 Å². The Bertz CT molecular complexity index is 427. The van der Waals surface area contributed by atoms with Crippen molar-refractivity contribution in [2.75, 3.05) is 5.73 Å². The fourth-order valence-corrected chi connectivity index (χ4v) is 0.968. The Morgan fingerprint density at radius 2 is 2.13 bits per heavy atom. The Kier molecular flexibility index (Phi) is 2.90. The Labute approximate surface area is 87.0 Å². The first kappa shape index (κ1) is 11.4. The van der Waals surface area contributed by atoms with Crippen molar-refractivity contribution >= 4 is 17.4 Å². The molecule has 1 aromatic heterocycles. The molecule has 15 heavy (non-hydrogen) atoms. The number of hydrogen-bond acceptors (Lipinski definition) is 4. The molecule has 1 aromatic rings. The third kappa shape index (κ3) is 2.63. The first-order chi connectivity index (χ1) is 6.85. The molecule has 0 atom stereocenters. The fourth-order valence-electron chi connectivity index (χ4n) is 0.779. The van der Waals surface area contributed by atoms with Crippen molar-refractivity contribution in [1.29, 1.82) is 5.26 Å². The minimum absolute atomic E-state index is 0.338. The monoisotopic (exact) mass is 237 g/mol.